The maximum atomic E-state index is 13.2. The molecule has 3 heterocycles. The van der Waals surface area contributed by atoms with Crippen molar-refractivity contribution >= 4 is 28.6 Å². The molecule has 6 nitrogen and oxygen atoms in total. The first-order valence-electron chi connectivity index (χ1n) is 10.4. The van der Waals surface area contributed by atoms with Gasteiger partial charge in [0, 0.05) is 13.1 Å². The van der Waals surface area contributed by atoms with Gasteiger partial charge in [-0.2, -0.15) is 0 Å². The summed E-state index contributed by atoms with van der Waals surface area (Å²) in [5.41, 5.74) is 0.514. The maximum Gasteiger partial charge on any atom is 0.262 e. The molecule has 1 fully saturated rings. The lowest BCUT2D eigenvalue weighted by atomic mass is 9.92. The largest absolute Gasteiger partial charge is 0.467 e. The Morgan fingerprint density at radius 2 is 1.93 bits per heavy atom. The molecule has 1 saturated heterocycles. The number of hydrogen-bond acceptors (Lipinski definition) is 5. The molecule has 3 unspecified atom stereocenters. The average molecular weight is 426 g/mol. The second kappa shape index (κ2) is 8.68. The van der Waals surface area contributed by atoms with Crippen molar-refractivity contribution in [2.24, 2.45) is 11.8 Å². The van der Waals surface area contributed by atoms with Gasteiger partial charge in [0.1, 0.15) is 5.76 Å². The molecule has 3 atom stereocenters. The summed E-state index contributed by atoms with van der Waals surface area (Å²) in [6.07, 6.45) is 2.74. The quantitative estimate of drug-likeness (QED) is 0.456. The van der Waals surface area contributed by atoms with Crippen LogP contribution in [-0.4, -0.2) is 38.7 Å². The zero-order chi connectivity index (χ0) is 21.3. The Bertz CT molecular complexity index is 1080. The SMILES string of the molecule is CC1CC(C)CN(C(=O)C(C)Sc2nc3ccccc3c(=O)n2Cc2ccco2)C1. The molecule has 0 saturated carbocycles. The molecule has 1 aliphatic rings. The summed E-state index contributed by atoms with van der Waals surface area (Å²) >= 11 is 1.34. The van der Waals surface area contributed by atoms with Crippen molar-refractivity contribution < 1.29 is 9.21 Å². The van der Waals surface area contributed by atoms with Crippen LogP contribution < -0.4 is 5.56 Å². The molecule has 158 valence electrons. The Balaban J connectivity index is 1.65. The van der Waals surface area contributed by atoms with Crippen LogP contribution in [0.1, 0.15) is 33.0 Å². The second-order valence-electron chi connectivity index (χ2n) is 8.33. The van der Waals surface area contributed by atoms with E-state index < -0.39 is 0 Å². The highest BCUT2D eigenvalue weighted by Crippen LogP contribution is 2.27. The highest BCUT2D eigenvalue weighted by atomic mass is 32.2. The molecule has 0 bridgehead atoms. The fourth-order valence-corrected chi connectivity index (χ4v) is 5.24. The Morgan fingerprint density at radius 3 is 2.63 bits per heavy atom. The fraction of sp³-hybridized carbons (Fsp3) is 0.435. The lowest BCUT2D eigenvalue weighted by Crippen LogP contribution is -2.45. The number of thioether (sulfide) groups is 1. The number of hydrogen-bond donors (Lipinski definition) is 0. The molecule has 0 spiro atoms. The van der Waals surface area contributed by atoms with E-state index in [-0.39, 0.29) is 23.3 Å². The molecule has 30 heavy (non-hydrogen) atoms. The third-order valence-electron chi connectivity index (χ3n) is 5.53. The number of furan rings is 1. The van der Waals surface area contributed by atoms with E-state index in [0.717, 1.165) is 19.5 Å². The van der Waals surface area contributed by atoms with Gasteiger partial charge in [-0.25, -0.2) is 4.98 Å². The summed E-state index contributed by atoms with van der Waals surface area (Å²) < 4.78 is 7.07. The van der Waals surface area contributed by atoms with Crippen molar-refractivity contribution in [3.8, 4) is 0 Å². The van der Waals surface area contributed by atoms with Gasteiger partial charge in [0.05, 0.1) is 29.0 Å². The van der Waals surface area contributed by atoms with Crippen LogP contribution in [0.3, 0.4) is 0 Å². The molecule has 0 N–H and O–H groups in total. The smallest absolute Gasteiger partial charge is 0.262 e. The first kappa shape index (κ1) is 20.7. The molecule has 7 heteroatoms. The average Bonchev–Trinajstić information content (AvgIpc) is 3.23. The second-order valence-corrected chi connectivity index (χ2v) is 9.64. The number of para-hydroxylation sites is 1. The summed E-state index contributed by atoms with van der Waals surface area (Å²) in [7, 11) is 0. The molecule has 4 rings (SSSR count). The predicted octanol–water partition coefficient (Wildman–Crippen LogP) is 4.02. The number of carbonyl (C=O) groups is 1. The van der Waals surface area contributed by atoms with Crippen LogP contribution in [0.15, 0.2) is 57.0 Å². The summed E-state index contributed by atoms with van der Waals surface area (Å²) in [6, 6.07) is 10.9. The van der Waals surface area contributed by atoms with Crippen molar-refractivity contribution in [2.45, 2.75) is 44.1 Å². The third kappa shape index (κ3) is 4.31. The van der Waals surface area contributed by atoms with E-state index in [1.54, 1.807) is 23.0 Å². The van der Waals surface area contributed by atoms with Crippen molar-refractivity contribution in [2.75, 3.05) is 13.1 Å². The van der Waals surface area contributed by atoms with Gasteiger partial charge in [-0.1, -0.05) is 37.7 Å². The van der Waals surface area contributed by atoms with Gasteiger partial charge in [0.25, 0.3) is 5.56 Å². The van der Waals surface area contributed by atoms with Crippen LogP contribution in [0.5, 0.6) is 0 Å². The minimum atomic E-state index is -0.335. The number of rotatable bonds is 5. The number of likely N-dealkylation sites (tertiary alicyclic amines) is 1. The first-order valence-corrected chi connectivity index (χ1v) is 11.3. The lowest BCUT2D eigenvalue weighted by Gasteiger charge is -2.36. The summed E-state index contributed by atoms with van der Waals surface area (Å²) in [5.74, 6) is 1.79. The third-order valence-corrected chi connectivity index (χ3v) is 6.61. The van der Waals surface area contributed by atoms with Crippen LogP contribution in [-0.2, 0) is 11.3 Å². The van der Waals surface area contributed by atoms with Crippen LogP contribution in [0, 0.1) is 11.8 Å². The topological polar surface area (TPSA) is 68.3 Å². The number of amides is 1. The van der Waals surface area contributed by atoms with Crippen molar-refractivity contribution in [1.82, 2.24) is 14.5 Å². The number of aromatic nitrogens is 2. The minimum absolute atomic E-state index is 0.102. The van der Waals surface area contributed by atoms with E-state index in [4.69, 9.17) is 9.40 Å². The van der Waals surface area contributed by atoms with Crippen molar-refractivity contribution in [3.63, 3.8) is 0 Å². The van der Waals surface area contributed by atoms with E-state index in [1.807, 2.05) is 36.1 Å². The summed E-state index contributed by atoms with van der Waals surface area (Å²) in [4.78, 5) is 33.0. The van der Waals surface area contributed by atoms with Gasteiger partial charge in [0.15, 0.2) is 5.16 Å². The Labute approximate surface area is 180 Å². The minimum Gasteiger partial charge on any atom is -0.467 e. The molecule has 2 aromatic heterocycles. The fourth-order valence-electron chi connectivity index (χ4n) is 4.24. The molecule has 1 aliphatic heterocycles. The number of fused-ring (bicyclic) bond motifs is 1. The Hall–Kier alpha value is -2.54. The van der Waals surface area contributed by atoms with Crippen LogP contribution in [0.25, 0.3) is 10.9 Å². The molecule has 0 radical (unpaired) electrons. The maximum absolute atomic E-state index is 13.2. The van der Waals surface area contributed by atoms with Crippen LogP contribution in [0.2, 0.25) is 0 Å². The first-order chi connectivity index (χ1) is 14.4. The van der Waals surface area contributed by atoms with E-state index in [1.165, 1.54) is 11.8 Å². The molecular formula is C23H27N3O3S. The zero-order valence-corrected chi connectivity index (χ0v) is 18.4. The monoisotopic (exact) mass is 425 g/mol. The van der Waals surface area contributed by atoms with E-state index in [2.05, 4.69) is 13.8 Å². The van der Waals surface area contributed by atoms with Gasteiger partial charge >= 0.3 is 0 Å². The van der Waals surface area contributed by atoms with Gasteiger partial charge < -0.3 is 9.32 Å². The standard InChI is InChI=1S/C23H27N3O3S/c1-15-11-16(2)13-25(12-15)21(27)17(3)30-23-24-20-9-5-4-8-19(20)22(28)26(23)14-18-7-6-10-29-18/h4-10,15-17H,11-14H2,1-3H3. The highest BCUT2D eigenvalue weighted by Gasteiger charge is 2.29. The van der Waals surface area contributed by atoms with E-state index in [9.17, 15) is 9.59 Å². The zero-order valence-electron chi connectivity index (χ0n) is 17.6. The van der Waals surface area contributed by atoms with Gasteiger partial charge in [-0.15, -0.1) is 0 Å². The molecule has 1 aromatic carbocycles. The molecule has 1 amide bonds. The van der Waals surface area contributed by atoms with Crippen LogP contribution in [0.4, 0.5) is 0 Å². The number of benzene rings is 1. The van der Waals surface area contributed by atoms with Gasteiger partial charge in [-0.05, 0) is 49.4 Å². The summed E-state index contributed by atoms with van der Waals surface area (Å²) in [5, 5.41) is 0.763. The Morgan fingerprint density at radius 1 is 1.20 bits per heavy atom. The predicted molar refractivity (Wildman–Crippen MR) is 119 cm³/mol. The van der Waals surface area contributed by atoms with E-state index in [0.29, 0.717) is 33.7 Å². The summed E-state index contributed by atoms with van der Waals surface area (Å²) in [6.45, 7) is 8.15. The normalized spacial score (nSPS) is 20.4. The van der Waals surface area contributed by atoms with Gasteiger partial charge in [-0.3, -0.25) is 14.2 Å². The van der Waals surface area contributed by atoms with Crippen LogP contribution >= 0.6 is 11.8 Å². The Kier molecular flexibility index (Phi) is 5.99. The number of piperidine rings is 1. The van der Waals surface area contributed by atoms with Crippen molar-refractivity contribution in [3.05, 3.63) is 58.8 Å². The van der Waals surface area contributed by atoms with Gasteiger partial charge in [0.2, 0.25) is 5.91 Å². The number of carbonyl (C=O) groups excluding carboxylic acids is 1. The molecular weight excluding hydrogens is 398 g/mol. The highest BCUT2D eigenvalue weighted by molar-refractivity contribution is 8.00. The lowest BCUT2D eigenvalue weighted by molar-refractivity contribution is -0.132. The van der Waals surface area contributed by atoms with Crippen molar-refractivity contribution in [1.29, 1.82) is 0 Å². The van der Waals surface area contributed by atoms with E-state index >= 15 is 0 Å². The molecule has 3 aromatic rings. The molecule has 0 aliphatic carbocycles. The number of nitrogens with zero attached hydrogens (tertiary/aromatic N) is 3.